The number of thioether (sulfide) groups is 1. The number of fused-ring (bicyclic) bond motifs is 1. The zero-order chi connectivity index (χ0) is 25.9. The average Bonchev–Trinajstić information content (AvgIpc) is 3.43. The Morgan fingerprint density at radius 2 is 1.68 bits per heavy atom. The van der Waals surface area contributed by atoms with E-state index < -0.39 is 35.6 Å². The smallest absolute Gasteiger partial charge is 0.334 e. The molecule has 2 aromatic carbocycles. The lowest BCUT2D eigenvalue weighted by Crippen LogP contribution is -2.74. The van der Waals surface area contributed by atoms with Gasteiger partial charge in [-0.2, -0.15) is 0 Å². The number of β-lactam (4-membered cyclic amide) rings is 1. The largest absolute Gasteiger partial charge is 0.451 e. The van der Waals surface area contributed by atoms with Crippen LogP contribution >= 0.6 is 23.1 Å². The lowest BCUT2D eigenvalue weighted by Gasteiger charge is -2.52. The van der Waals surface area contributed by atoms with E-state index in [0.717, 1.165) is 16.0 Å². The quantitative estimate of drug-likeness (QED) is 0.338. The third-order valence-corrected chi connectivity index (χ3v) is 8.46. The second-order valence-corrected chi connectivity index (χ2v) is 10.9. The van der Waals surface area contributed by atoms with E-state index in [0.29, 0.717) is 5.57 Å². The van der Waals surface area contributed by atoms with Crippen LogP contribution in [0.2, 0.25) is 0 Å². The minimum atomic E-state index is -1.08. The predicted octanol–water partition coefficient (Wildman–Crippen LogP) is 3.66. The molecule has 3 aromatic rings. The molecule has 3 unspecified atom stereocenters. The lowest BCUT2D eigenvalue weighted by molar-refractivity contribution is -0.166. The van der Waals surface area contributed by atoms with Crippen molar-refractivity contribution in [2.24, 2.45) is 0 Å². The van der Waals surface area contributed by atoms with Gasteiger partial charge >= 0.3 is 5.97 Å². The standard InChI is InChI=1S/C28H26N2O5S2/c1-17(31)21-16-37-27-23(29-22(32)15-20-13-8-14-36-20)26(33)30(27)24(21)28(34)35-25(18-9-4-2-5-10-18)19-11-6-3-7-12-19/h2-14,16-17,23-25,27,31H,15H2,1H3,(H,29,32)/t17?,23?,24?,27-/m1/s1. The maximum atomic E-state index is 13.7. The average molecular weight is 535 g/mol. The van der Waals surface area contributed by atoms with Gasteiger partial charge in [0, 0.05) is 4.88 Å². The van der Waals surface area contributed by atoms with Crippen LogP contribution in [-0.2, 0) is 25.5 Å². The van der Waals surface area contributed by atoms with Crippen molar-refractivity contribution in [1.82, 2.24) is 10.2 Å². The molecule has 3 heterocycles. The van der Waals surface area contributed by atoms with E-state index >= 15 is 0 Å². The van der Waals surface area contributed by atoms with Crippen molar-refractivity contribution in [3.8, 4) is 0 Å². The summed E-state index contributed by atoms with van der Waals surface area (Å²) in [5.41, 5.74) is 1.97. The van der Waals surface area contributed by atoms with Crippen molar-refractivity contribution < 1.29 is 24.2 Å². The summed E-state index contributed by atoms with van der Waals surface area (Å²) in [5.74, 6) is -1.26. The number of nitrogens with zero attached hydrogens (tertiary/aromatic N) is 1. The Labute approximate surface area is 223 Å². The van der Waals surface area contributed by atoms with Crippen LogP contribution in [0, 0.1) is 0 Å². The van der Waals surface area contributed by atoms with E-state index in [-0.39, 0.29) is 18.2 Å². The van der Waals surface area contributed by atoms with Crippen LogP contribution in [0.4, 0.5) is 0 Å². The van der Waals surface area contributed by atoms with Crippen molar-refractivity contribution >= 4 is 40.9 Å². The number of aliphatic hydroxyl groups is 1. The third kappa shape index (κ3) is 5.20. The molecule has 37 heavy (non-hydrogen) atoms. The summed E-state index contributed by atoms with van der Waals surface area (Å²) >= 11 is 2.78. The van der Waals surface area contributed by atoms with Crippen LogP contribution in [0.15, 0.2) is 89.2 Å². The van der Waals surface area contributed by atoms with Crippen LogP contribution < -0.4 is 5.32 Å². The molecule has 1 aromatic heterocycles. The Bertz CT molecular complexity index is 1260. The molecule has 1 fully saturated rings. The van der Waals surface area contributed by atoms with Crippen LogP contribution in [0.5, 0.6) is 0 Å². The monoisotopic (exact) mass is 534 g/mol. The number of carbonyl (C=O) groups is 3. The van der Waals surface area contributed by atoms with E-state index in [4.69, 9.17) is 4.74 Å². The fraction of sp³-hybridized carbons (Fsp3) is 0.250. The number of hydrogen-bond donors (Lipinski definition) is 2. The molecule has 9 heteroatoms. The molecule has 190 valence electrons. The fourth-order valence-electron chi connectivity index (χ4n) is 4.55. The van der Waals surface area contributed by atoms with Gasteiger partial charge in [0.25, 0.3) is 0 Å². The van der Waals surface area contributed by atoms with Gasteiger partial charge in [-0.1, -0.05) is 66.7 Å². The van der Waals surface area contributed by atoms with E-state index in [1.807, 2.05) is 78.2 Å². The maximum absolute atomic E-state index is 13.7. The molecule has 0 spiro atoms. The predicted molar refractivity (Wildman–Crippen MR) is 143 cm³/mol. The molecule has 2 aliphatic rings. The van der Waals surface area contributed by atoms with Crippen molar-refractivity contribution in [1.29, 1.82) is 0 Å². The molecule has 2 aliphatic heterocycles. The molecular formula is C28H26N2O5S2. The van der Waals surface area contributed by atoms with E-state index in [2.05, 4.69) is 5.32 Å². The molecule has 0 saturated carbocycles. The maximum Gasteiger partial charge on any atom is 0.334 e. The number of ether oxygens (including phenoxy) is 1. The zero-order valence-electron chi connectivity index (χ0n) is 20.0. The molecule has 0 radical (unpaired) electrons. The summed E-state index contributed by atoms with van der Waals surface area (Å²) < 4.78 is 6.05. The first kappa shape index (κ1) is 25.3. The van der Waals surface area contributed by atoms with Gasteiger partial charge in [-0.25, -0.2) is 4.79 Å². The van der Waals surface area contributed by atoms with Crippen molar-refractivity contribution in [3.63, 3.8) is 0 Å². The second kappa shape index (κ2) is 10.9. The number of amides is 2. The van der Waals surface area contributed by atoms with Crippen molar-refractivity contribution in [2.45, 2.75) is 43.0 Å². The first-order chi connectivity index (χ1) is 17.9. The Morgan fingerprint density at radius 1 is 1.03 bits per heavy atom. The minimum Gasteiger partial charge on any atom is -0.451 e. The Kier molecular flexibility index (Phi) is 7.45. The Hall–Kier alpha value is -3.40. The summed E-state index contributed by atoms with van der Waals surface area (Å²) in [5, 5.41) is 16.4. The normalized spacial score (nSPS) is 21.5. The minimum absolute atomic E-state index is 0.189. The highest BCUT2D eigenvalue weighted by molar-refractivity contribution is 8.03. The van der Waals surface area contributed by atoms with Crippen molar-refractivity contribution in [3.05, 3.63) is 105 Å². The van der Waals surface area contributed by atoms with E-state index in [9.17, 15) is 19.5 Å². The molecule has 0 aliphatic carbocycles. The topological polar surface area (TPSA) is 95.9 Å². The van der Waals surface area contributed by atoms with Gasteiger partial charge in [-0.15, -0.1) is 23.1 Å². The Morgan fingerprint density at radius 3 is 2.24 bits per heavy atom. The summed E-state index contributed by atoms with van der Waals surface area (Å²) in [4.78, 5) is 41.8. The third-order valence-electron chi connectivity index (χ3n) is 6.39. The molecule has 2 N–H and O–H groups in total. The highest BCUT2D eigenvalue weighted by atomic mass is 32.2. The van der Waals surface area contributed by atoms with Crippen LogP contribution in [-0.4, -0.2) is 51.4 Å². The van der Waals surface area contributed by atoms with Gasteiger partial charge in [0.15, 0.2) is 12.1 Å². The van der Waals surface area contributed by atoms with Gasteiger partial charge in [0.05, 0.1) is 12.5 Å². The first-order valence-electron chi connectivity index (χ1n) is 11.9. The van der Waals surface area contributed by atoms with Crippen LogP contribution in [0.1, 0.15) is 29.0 Å². The summed E-state index contributed by atoms with van der Waals surface area (Å²) in [6, 6.07) is 20.7. The van der Waals surface area contributed by atoms with Gasteiger partial charge in [0.1, 0.15) is 11.4 Å². The number of hydrogen-bond acceptors (Lipinski definition) is 7. The highest BCUT2D eigenvalue weighted by Crippen LogP contribution is 2.42. The molecule has 4 atom stereocenters. The summed E-state index contributed by atoms with van der Waals surface area (Å²) in [7, 11) is 0. The van der Waals surface area contributed by atoms with Gasteiger partial charge in [-0.05, 0) is 40.5 Å². The molecule has 5 rings (SSSR count). The van der Waals surface area contributed by atoms with E-state index in [1.165, 1.54) is 28.0 Å². The van der Waals surface area contributed by atoms with Gasteiger partial charge in [0.2, 0.25) is 11.8 Å². The van der Waals surface area contributed by atoms with Gasteiger partial charge < -0.3 is 20.1 Å². The molecule has 2 amide bonds. The SMILES string of the molecule is CC(O)C1=CS[C@@H]2C(NC(=O)Cc3cccs3)C(=O)N2C1C(=O)OC(c1ccccc1)c1ccccc1. The van der Waals surface area contributed by atoms with Crippen LogP contribution in [0.3, 0.4) is 0 Å². The lowest BCUT2D eigenvalue weighted by atomic mass is 9.95. The molecular weight excluding hydrogens is 508 g/mol. The number of benzene rings is 2. The zero-order valence-corrected chi connectivity index (χ0v) is 21.7. The van der Waals surface area contributed by atoms with Crippen molar-refractivity contribution in [2.75, 3.05) is 0 Å². The number of rotatable bonds is 8. The van der Waals surface area contributed by atoms with E-state index in [1.54, 1.807) is 12.3 Å². The Balaban J connectivity index is 1.37. The summed E-state index contributed by atoms with van der Waals surface area (Å²) in [6.45, 7) is 1.56. The number of thiophene rings is 1. The molecule has 7 nitrogen and oxygen atoms in total. The number of esters is 1. The molecule has 1 saturated heterocycles. The highest BCUT2D eigenvalue weighted by Gasteiger charge is 2.56. The number of nitrogens with one attached hydrogen (secondary N) is 1. The van der Waals surface area contributed by atoms with Gasteiger partial charge in [-0.3, -0.25) is 9.59 Å². The first-order valence-corrected chi connectivity index (χ1v) is 13.7. The molecule has 0 bridgehead atoms. The fourth-order valence-corrected chi connectivity index (χ4v) is 6.57. The second-order valence-electron chi connectivity index (χ2n) is 8.91. The number of aliphatic hydroxyl groups excluding tert-OH is 1. The van der Waals surface area contributed by atoms with Crippen LogP contribution in [0.25, 0.3) is 0 Å². The number of carbonyl (C=O) groups excluding carboxylic acids is 3. The summed E-state index contributed by atoms with van der Waals surface area (Å²) in [6.07, 6.45) is -1.46.